The van der Waals surface area contributed by atoms with Gasteiger partial charge in [0.2, 0.25) is 0 Å². The van der Waals surface area contributed by atoms with Gasteiger partial charge in [-0.3, -0.25) is 0 Å². The third kappa shape index (κ3) is 7.94. The van der Waals surface area contributed by atoms with Crippen molar-refractivity contribution in [1.29, 1.82) is 5.26 Å². The number of nitriles is 1. The molecule has 0 radical (unpaired) electrons. The van der Waals surface area contributed by atoms with E-state index in [0.29, 0.717) is 5.56 Å². The van der Waals surface area contributed by atoms with Gasteiger partial charge >= 0.3 is 0 Å². The van der Waals surface area contributed by atoms with Gasteiger partial charge in [-0.25, -0.2) is 0 Å². The second-order valence-corrected chi connectivity index (χ2v) is 21.5. The second-order valence-electron chi connectivity index (χ2n) is 21.5. The van der Waals surface area contributed by atoms with Crippen molar-refractivity contribution in [3.8, 4) is 45.4 Å². The number of aromatic nitrogens is 3. The summed E-state index contributed by atoms with van der Waals surface area (Å²) < 4.78 is 7.27. The van der Waals surface area contributed by atoms with Gasteiger partial charge < -0.3 is 23.5 Å². The first kappa shape index (κ1) is 49.2. The van der Waals surface area contributed by atoms with Crippen LogP contribution in [0.25, 0.3) is 105 Å². The van der Waals surface area contributed by atoms with E-state index in [1.54, 1.807) is 0 Å². The molecule has 398 valence electrons. The van der Waals surface area contributed by atoms with Crippen LogP contribution in [0.3, 0.4) is 0 Å². The molecule has 0 fully saturated rings. The molecule has 6 nitrogen and oxygen atoms in total. The highest BCUT2D eigenvalue weighted by molar-refractivity contribution is 6.17. The highest BCUT2D eigenvalue weighted by Crippen LogP contribution is 2.53. The average molecular weight is 1090 g/mol. The third-order valence-corrected chi connectivity index (χ3v) is 16.8. The van der Waals surface area contributed by atoms with Crippen molar-refractivity contribution in [3.63, 3.8) is 0 Å². The molecule has 0 aliphatic heterocycles. The van der Waals surface area contributed by atoms with Gasteiger partial charge in [0.05, 0.1) is 50.2 Å². The topological polar surface area (TPSA) is 45.1 Å². The van der Waals surface area contributed by atoms with E-state index in [1.807, 2.05) is 0 Å². The van der Waals surface area contributed by atoms with E-state index in [4.69, 9.17) is 0 Å². The van der Waals surface area contributed by atoms with Crippen molar-refractivity contribution in [1.82, 2.24) is 13.7 Å². The monoisotopic (exact) mass is 1080 g/mol. The van der Waals surface area contributed by atoms with Crippen LogP contribution < -0.4 is 9.80 Å². The molecule has 0 N–H and O–H groups in total. The van der Waals surface area contributed by atoms with E-state index in [9.17, 15) is 5.26 Å². The molecule has 0 atom stereocenters. The molecule has 16 rings (SSSR count). The lowest BCUT2D eigenvalue weighted by molar-refractivity contribution is 1.09. The Morgan fingerprint density at radius 1 is 0.235 bits per heavy atom. The smallest absolute Gasteiger partial charge is 0.104 e. The van der Waals surface area contributed by atoms with Crippen LogP contribution in [-0.4, -0.2) is 13.7 Å². The number of hydrogen-bond acceptors (Lipinski definition) is 3. The zero-order chi connectivity index (χ0) is 56.4. The highest BCUT2D eigenvalue weighted by atomic mass is 15.2. The van der Waals surface area contributed by atoms with Crippen molar-refractivity contribution in [3.05, 3.63) is 321 Å². The number of fused-ring (bicyclic) bond motifs is 9. The van der Waals surface area contributed by atoms with Crippen LogP contribution >= 0.6 is 0 Å². The number of nitrogens with zero attached hydrogens (tertiary/aromatic N) is 6. The van der Waals surface area contributed by atoms with E-state index in [1.165, 1.54) is 0 Å². The van der Waals surface area contributed by atoms with Crippen molar-refractivity contribution in [2.75, 3.05) is 9.80 Å². The van der Waals surface area contributed by atoms with Crippen LogP contribution in [0.15, 0.2) is 315 Å². The van der Waals surface area contributed by atoms with Gasteiger partial charge in [0, 0.05) is 77.6 Å². The molecule has 16 aromatic rings. The quantitative estimate of drug-likeness (QED) is 0.130. The Hall–Kier alpha value is -11.7. The average Bonchev–Trinajstić information content (AvgIpc) is 2.72. The fourth-order valence-electron chi connectivity index (χ4n) is 13.3. The minimum absolute atomic E-state index is 0.533. The second kappa shape index (κ2) is 20.4. The Morgan fingerprint density at radius 3 is 0.812 bits per heavy atom. The van der Waals surface area contributed by atoms with Crippen LogP contribution in [0.4, 0.5) is 34.1 Å². The molecule has 0 bridgehead atoms. The third-order valence-electron chi connectivity index (χ3n) is 16.8. The molecule has 0 aliphatic carbocycles. The van der Waals surface area contributed by atoms with Gasteiger partial charge in [-0.05, 0) is 120 Å². The van der Waals surface area contributed by atoms with Crippen LogP contribution in [0.2, 0.25) is 0 Å². The molecule has 0 aliphatic rings. The molecule has 0 amide bonds. The summed E-state index contributed by atoms with van der Waals surface area (Å²) in [6.45, 7) is 0. The van der Waals surface area contributed by atoms with Crippen LogP contribution in [-0.2, 0) is 0 Å². The molecule has 85 heavy (non-hydrogen) atoms. The Morgan fingerprint density at radius 2 is 0.494 bits per heavy atom. The van der Waals surface area contributed by atoms with Gasteiger partial charge in [0.15, 0.2) is 0 Å². The summed E-state index contributed by atoms with van der Waals surface area (Å²) in [6, 6.07) is 115. The van der Waals surface area contributed by atoms with Crippen molar-refractivity contribution < 1.29 is 0 Å². The fourth-order valence-corrected chi connectivity index (χ4v) is 13.3. The summed E-state index contributed by atoms with van der Waals surface area (Å²) in [4.78, 5) is 4.64. The zero-order valence-electron chi connectivity index (χ0n) is 46.2. The van der Waals surface area contributed by atoms with Crippen LogP contribution in [0.5, 0.6) is 0 Å². The molecule has 0 unspecified atom stereocenters. The Labute approximate surface area is 492 Å². The molecule has 0 spiro atoms. The summed E-state index contributed by atoms with van der Waals surface area (Å²) in [6.07, 6.45) is 0. The van der Waals surface area contributed by atoms with Crippen LogP contribution in [0, 0.1) is 11.3 Å². The van der Waals surface area contributed by atoms with E-state index in [-0.39, 0.29) is 0 Å². The van der Waals surface area contributed by atoms with Gasteiger partial charge in [-0.15, -0.1) is 0 Å². The highest BCUT2D eigenvalue weighted by Gasteiger charge is 2.34. The first-order valence-corrected chi connectivity index (χ1v) is 28.8. The van der Waals surface area contributed by atoms with E-state index >= 15 is 0 Å². The standard InChI is InChI=1S/C79H52N6/c80-53-68-77(83-71-45-25-21-41-64(71)66-51-60(47-49-73(66)83)81(56-31-11-3-12-32-56)57-33-13-4-14-34-57)75(54-27-7-1-8-28-54)79(85-69-43-23-19-39-62(69)63-40-20-24-44-70(63)85)76(55-29-9-2-10-30-55)78(68)84-72-46-26-22-42-65(72)67-52-61(48-50-74(67)84)82(58-35-15-5-16-36-58)59-37-17-6-18-38-59/h1-52H. The lowest BCUT2D eigenvalue weighted by atomic mass is 9.88. The Balaban J connectivity index is 1.10. The fraction of sp³-hybridized carbons (Fsp3) is 0. The summed E-state index contributed by atoms with van der Waals surface area (Å²) >= 11 is 0. The van der Waals surface area contributed by atoms with Gasteiger partial charge in [-0.1, -0.05) is 206 Å². The lowest BCUT2D eigenvalue weighted by Crippen LogP contribution is -2.13. The van der Waals surface area contributed by atoms with E-state index in [2.05, 4.69) is 345 Å². The van der Waals surface area contributed by atoms with E-state index in [0.717, 1.165) is 139 Å². The zero-order valence-corrected chi connectivity index (χ0v) is 46.2. The van der Waals surface area contributed by atoms with Gasteiger partial charge in [0.1, 0.15) is 11.6 Å². The normalized spacial score (nSPS) is 11.5. The Kier molecular flexibility index (Phi) is 11.8. The maximum atomic E-state index is 12.8. The predicted octanol–water partition coefficient (Wildman–Crippen LogP) is 21.1. The van der Waals surface area contributed by atoms with Gasteiger partial charge in [0.25, 0.3) is 0 Å². The minimum Gasteiger partial charge on any atom is -0.310 e. The van der Waals surface area contributed by atoms with Crippen molar-refractivity contribution in [2.24, 2.45) is 0 Å². The SMILES string of the molecule is N#Cc1c(-n2c3ccccc3c3cc(N(c4ccccc4)c4ccccc4)ccc32)c(-c2ccccc2)c(-n2c3ccccc3c3ccccc32)c(-c2ccccc2)c1-n1c2ccccc2c2cc(N(c3ccccc3)c3ccccc3)ccc21. The molecular weight excluding hydrogens is 1030 g/mol. The summed E-state index contributed by atoms with van der Waals surface area (Å²) in [5, 5.41) is 19.4. The first-order valence-electron chi connectivity index (χ1n) is 28.8. The number of benzene rings is 13. The van der Waals surface area contributed by atoms with Crippen molar-refractivity contribution >= 4 is 99.5 Å². The summed E-state index contributed by atoms with van der Waals surface area (Å²) in [7, 11) is 0. The first-order chi connectivity index (χ1) is 42.2. The molecule has 0 saturated carbocycles. The van der Waals surface area contributed by atoms with Crippen LogP contribution in [0.1, 0.15) is 5.56 Å². The minimum atomic E-state index is 0.533. The van der Waals surface area contributed by atoms with Crippen molar-refractivity contribution in [2.45, 2.75) is 0 Å². The van der Waals surface area contributed by atoms with E-state index < -0.39 is 0 Å². The number of rotatable bonds is 11. The number of para-hydroxylation sites is 8. The Bertz CT molecular complexity index is 4840. The van der Waals surface area contributed by atoms with Gasteiger partial charge in [-0.2, -0.15) is 5.26 Å². The maximum Gasteiger partial charge on any atom is 0.104 e. The molecule has 13 aromatic carbocycles. The molecule has 6 heteroatoms. The summed E-state index contributed by atoms with van der Waals surface area (Å²) in [5.74, 6) is 0. The maximum absolute atomic E-state index is 12.8. The number of hydrogen-bond donors (Lipinski definition) is 0. The molecular formula is C79H52N6. The molecule has 3 heterocycles. The largest absolute Gasteiger partial charge is 0.310 e. The predicted molar refractivity (Wildman–Crippen MR) is 354 cm³/mol. The lowest BCUT2D eigenvalue weighted by Gasteiger charge is -2.29. The number of anilines is 6. The summed E-state index contributed by atoms with van der Waals surface area (Å²) in [5.41, 5.74) is 19.1. The molecule has 3 aromatic heterocycles. The molecule has 0 saturated heterocycles.